The first-order chi connectivity index (χ1) is 11.0. The highest BCUT2D eigenvalue weighted by molar-refractivity contribution is 9.10. The van der Waals surface area contributed by atoms with Crippen molar-refractivity contribution in [1.29, 1.82) is 0 Å². The number of anilines is 1. The van der Waals surface area contributed by atoms with E-state index in [0.29, 0.717) is 10.0 Å². The topological polar surface area (TPSA) is 32.3 Å². The molecule has 0 bridgehead atoms. The van der Waals surface area contributed by atoms with Crippen molar-refractivity contribution in [2.45, 2.75) is 20.4 Å². The van der Waals surface area contributed by atoms with Crippen LogP contribution in [0.4, 0.5) is 10.1 Å². The van der Waals surface area contributed by atoms with Gasteiger partial charge in [-0.15, -0.1) is 0 Å². The van der Waals surface area contributed by atoms with Gasteiger partial charge in [0.2, 0.25) is 0 Å². The highest BCUT2D eigenvalue weighted by Crippen LogP contribution is 2.20. The Hall–Kier alpha value is -1.72. The Morgan fingerprint density at radius 2 is 1.91 bits per heavy atom. The fourth-order valence-corrected chi connectivity index (χ4v) is 2.86. The number of hydrogen-bond acceptors (Lipinski definition) is 2. The summed E-state index contributed by atoms with van der Waals surface area (Å²) in [5, 5.41) is 2.86. The first-order valence-electron chi connectivity index (χ1n) is 7.61. The summed E-state index contributed by atoms with van der Waals surface area (Å²) >= 11 is 3.22. The number of amides is 1. The third-order valence-corrected chi connectivity index (χ3v) is 4.32. The Balaban J connectivity index is 2.12. The van der Waals surface area contributed by atoms with E-state index < -0.39 is 0 Å². The second-order valence-electron chi connectivity index (χ2n) is 5.24. The lowest BCUT2D eigenvalue weighted by Crippen LogP contribution is -2.22. The van der Waals surface area contributed by atoms with Crippen LogP contribution in [-0.2, 0) is 6.54 Å². The molecule has 2 aromatic rings. The number of benzene rings is 2. The van der Waals surface area contributed by atoms with Gasteiger partial charge in [-0.05, 0) is 64.9 Å². The lowest BCUT2D eigenvalue weighted by atomic mass is 10.1. The molecule has 0 spiro atoms. The van der Waals surface area contributed by atoms with Crippen LogP contribution in [0.3, 0.4) is 0 Å². The van der Waals surface area contributed by atoms with Gasteiger partial charge < -0.3 is 5.32 Å². The zero-order chi connectivity index (χ0) is 16.8. The van der Waals surface area contributed by atoms with Gasteiger partial charge >= 0.3 is 0 Å². The molecule has 0 saturated carbocycles. The second kappa shape index (κ2) is 8.22. The van der Waals surface area contributed by atoms with Crippen LogP contribution in [0.2, 0.25) is 0 Å². The molecule has 0 aliphatic rings. The van der Waals surface area contributed by atoms with Crippen molar-refractivity contribution in [3.63, 3.8) is 0 Å². The highest BCUT2D eigenvalue weighted by atomic mass is 79.9. The minimum absolute atomic E-state index is 0.267. The predicted octanol–water partition coefficient (Wildman–Crippen LogP) is 4.68. The van der Waals surface area contributed by atoms with E-state index in [9.17, 15) is 9.18 Å². The van der Waals surface area contributed by atoms with Gasteiger partial charge in [-0.25, -0.2) is 4.39 Å². The number of halogens is 2. The van der Waals surface area contributed by atoms with Gasteiger partial charge in [0.05, 0.1) is 5.56 Å². The summed E-state index contributed by atoms with van der Waals surface area (Å²) in [7, 11) is 0. The van der Waals surface area contributed by atoms with E-state index in [0.717, 1.165) is 30.9 Å². The molecular weight excluding hydrogens is 359 g/mol. The summed E-state index contributed by atoms with van der Waals surface area (Å²) < 4.78 is 13.6. The van der Waals surface area contributed by atoms with Gasteiger partial charge in [0.15, 0.2) is 0 Å². The average molecular weight is 379 g/mol. The van der Waals surface area contributed by atoms with E-state index in [1.54, 1.807) is 0 Å². The molecule has 5 heteroatoms. The third kappa shape index (κ3) is 4.88. The van der Waals surface area contributed by atoms with Crippen LogP contribution in [0.1, 0.15) is 29.8 Å². The van der Waals surface area contributed by atoms with Crippen molar-refractivity contribution in [3.05, 3.63) is 63.9 Å². The summed E-state index contributed by atoms with van der Waals surface area (Å²) in [5.41, 5.74) is 2.28. The molecule has 0 heterocycles. The molecule has 1 N–H and O–H groups in total. The van der Waals surface area contributed by atoms with Crippen LogP contribution in [0.5, 0.6) is 0 Å². The predicted molar refractivity (Wildman–Crippen MR) is 95.1 cm³/mol. The van der Waals surface area contributed by atoms with E-state index in [1.165, 1.54) is 18.2 Å². The van der Waals surface area contributed by atoms with Crippen LogP contribution in [0.25, 0.3) is 0 Å². The van der Waals surface area contributed by atoms with E-state index in [2.05, 4.69) is 40.0 Å². The fourth-order valence-electron chi connectivity index (χ4n) is 2.32. The minimum atomic E-state index is -0.380. The first kappa shape index (κ1) is 17.6. The molecule has 0 unspecified atom stereocenters. The van der Waals surface area contributed by atoms with E-state index in [4.69, 9.17) is 0 Å². The SMILES string of the molecule is CCN(CC)Cc1cccc(NC(=O)c2ccc(F)cc2Br)c1. The largest absolute Gasteiger partial charge is 0.322 e. The zero-order valence-electron chi connectivity index (χ0n) is 13.3. The molecule has 0 fully saturated rings. The maximum absolute atomic E-state index is 13.1. The molecule has 0 radical (unpaired) electrons. The van der Waals surface area contributed by atoms with Crippen LogP contribution >= 0.6 is 15.9 Å². The quantitative estimate of drug-likeness (QED) is 0.790. The van der Waals surface area contributed by atoms with E-state index in [1.807, 2.05) is 24.3 Å². The molecule has 2 rings (SSSR count). The molecule has 1 amide bonds. The van der Waals surface area contributed by atoms with Gasteiger partial charge in [-0.2, -0.15) is 0 Å². The van der Waals surface area contributed by atoms with Crippen molar-refractivity contribution < 1.29 is 9.18 Å². The van der Waals surface area contributed by atoms with Crippen molar-refractivity contribution in [3.8, 4) is 0 Å². The number of carbonyl (C=O) groups is 1. The molecule has 122 valence electrons. The van der Waals surface area contributed by atoms with Gasteiger partial charge in [-0.1, -0.05) is 26.0 Å². The lowest BCUT2D eigenvalue weighted by Gasteiger charge is -2.18. The van der Waals surface area contributed by atoms with Crippen molar-refractivity contribution in [1.82, 2.24) is 4.90 Å². The highest BCUT2D eigenvalue weighted by Gasteiger charge is 2.11. The second-order valence-corrected chi connectivity index (χ2v) is 6.09. The van der Waals surface area contributed by atoms with Gasteiger partial charge in [-0.3, -0.25) is 9.69 Å². The van der Waals surface area contributed by atoms with Crippen LogP contribution in [0, 0.1) is 5.82 Å². The lowest BCUT2D eigenvalue weighted by molar-refractivity contribution is 0.102. The number of carbonyl (C=O) groups excluding carboxylic acids is 1. The normalized spacial score (nSPS) is 10.8. The zero-order valence-corrected chi connectivity index (χ0v) is 14.9. The minimum Gasteiger partial charge on any atom is -0.322 e. The van der Waals surface area contributed by atoms with Crippen LogP contribution < -0.4 is 5.32 Å². The standard InChI is InChI=1S/C18H20BrFN2O/c1-3-22(4-2)12-13-6-5-7-15(10-13)21-18(23)16-9-8-14(20)11-17(16)19/h5-11H,3-4,12H2,1-2H3,(H,21,23). The number of nitrogens with zero attached hydrogens (tertiary/aromatic N) is 1. The van der Waals surface area contributed by atoms with Gasteiger partial charge in [0, 0.05) is 16.7 Å². The monoisotopic (exact) mass is 378 g/mol. The molecule has 3 nitrogen and oxygen atoms in total. The Morgan fingerprint density at radius 3 is 2.57 bits per heavy atom. The Kier molecular flexibility index (Phi) is 6.30. The molecular formula is C18H20BrFN2O. The number of nitrogens with one attached hydrogen (secondary N) is 1. The molecule has 0 aliphatic heterocycles. The maximum Gasteiger partial charge on any atom is 0.256 e. The Bertz CT molecular complexity index is 686. The molecule has 0 atom stereocenters. The number of rotatable bonds is 6. The van der Waals surface area contributed by atoms with Crippen molar-refractivity contribution in [2.24, 2.45) is 0 Å². The van der Waals surface area contributed by atoms with E-state index in [-0.39, 0.29) is 11.7 Å². The summed E-state index contributed by atoms with van der Waals surface area (Å²) in [5.74, 6) is -0.647. The molecule has 2 aromatic carbocycles. The molecule has 0 aliphatic carbocycles. The maximum atomic E-state index is 13.1. The Morgan fingerprint density at radius 1 is 1.17 bits per heavy atom. The van der Waals surface area contributed by atoms with Crippen molar-refractivity contribution >= 4 is 27.5 Å². The summed E-state index contributed by atoms with van der Waals surface area (Å²) in [6, 6.07) is 11.8. The first-order valence-corrected chi connectivity index (χ1v) is 8.40. The summed E-state index contributed by atoms with van der Waals surface area (Å²) in [4.78, 5) is 14.6. The Labute approximate surface area is 144 Å². The van der Waals surface area contributed by atoms with Gasteiger partial charge in [0.1, 0.15) is 5.82 Å². The van der Waals surface area contributed by atoms with Crippen LogP contribution in [0.15, 0.2) is 46.9 Å². The van der Waals surface area contributed by atoms with Crippen LogP contribution in [-0.4, -0.2) is 23.9 Å². The molecule has 23 heavy (non-hydrogen) atoms. The van der Waals surface area contributed by atoms with Gasteiger partial charge in [0.25, 0.3) is 5.91 Å². The fraction of sp³-hybridized carbons (Fsp3) is 0.278. The molecule has 0 saturated heterocycles. The third-order valence-electron chi connectivity index (χ3n) is 3.66. The average Bonchev–Trinajstić information content (AvgIpc) is 2.52. The number of hydrogen-bond donors (Lipinski definition) is 1. The summed E-state index contributed by atoms with van der Waals surface area (Å²) in [6.45, 7) is 7.06. The van der Waals surface area contributed by atoms with Crippen molar-refractivity contribution in [2.75, 3.05) is 18.4 Å². The smallest absolute Gasteiger partial charge is 0.256 e. The molecule has 0 aromatic heterocycles. The van der Waals surface area contributed by atoms with E-state index >= 15 is 0 Å². The summed E-state index contributed by atoms with van der Waals surface area (Å²) in [6.07, 6.45) is 0.